The van der Waals surface area contributed by atoms with E-state index in [4.69, 9.17) is 15.3 Å². The third-order valence-electron chi connectivity index (χ3n) is 1.98. The average molecular weight is 556 g/mol. The molecule has 0 aliphatic heterocycles. The van der Waals surface area contributed by atoms with E-state index in [1.807, 2.05) is 0 Å². The molecule has 0 bridgehead atoms. The van der Waals surface area contributed by atoms with E-state index >= 15 is 0 Å². The Morgan fingerprint density at radius 1 is 0.517 bits per heavy atom. The quantitative estimate of drug-likeness (QED) is 0.406. The van der Waals surface area contributed by atoms with Gasteiger partial charge in [0, 0.05) is 76.8 Å². The number of methoxy groups -OCH3 is 4. The van der Waals surface area contributed by atoms with Crippen LogP contribution in [0.3, 0.4) is 0 Å². The largest absolute Gasteiger partial charge is 0.848 e. The molecule has 0 rings (SSSR count). The first-order valence-electron chi connectivity index (χ1n) is 9.08. The summed E-state index contributed by atoms with van der Waals surface area (Å²) in [6, 6.07) is 0. The smallest absolute Gasteiger partial charge is 0.0824 e. The Balaban J connectivity index is -0.0000000873. The standard InChI is InChI=1S/3C5H12O2.C5H11O2.Ce/c4*1-5(2,6)4-7-3;/h3*6H,4H2,1-3H3;4H2,1-3H3;/q;;;-1;. The molecule has 0 unspecified atom stereocenters. The maximum Gasteiger partial charge on any atom is 0.0824 e. The second-order valence-electron chi connectivity index (χ2n) is 8.93. The number of rotatable bonds is 8. The van der Waals surface area contributed by atoms with Crippen LogP contribution in [0, 0.1) is 41.7 Å². The van der Waals surface area contributed by atoms with Gasteiger partial charge in [-0.15, -0.1) is 0 Å². The van der Waals surface area contributed by atoms with Crippen molar-refractivity contribution in [3.8, 4) is 0 Å². The summed E-state index contributed by atoms with van der Waals surface area (Å²) in [5.74, 6) is 0. The van der Waals surface area contributed by atoms with Crippen molar-refractivity contribution in [2.45, 2.75) is 77.8 Å². The predicted molar refractivity (Wildman–Crippen MR) is 110 cm³/mol. The number of ether oxygens (including phenoxy) is 4. The van der Waals surface area contributed by atoms with Crippen LogP contribution in [-0.4, -0.2) is 92.6 Å². The summed E-state index contributed by atoms with van der Waals surface area (Å²) >= 11 is 0. The molecule has 0 aliphatic carbocycles. The Kier molecular flexibility index (Phi) is 29.2. The summed E-state index contributed by atoms with van der Waals surface area (Å²) in [5.41, 5.74) is -2.94. The molecule has 0 aromatic heterocycles. The SMILES string of the molecule is COCC(C)(C)O.COCC(C)(C)O.COCC(C)(C)O.COCC(C)(C)[O-].[Ce]. The molecule has 0 radical (unpaired) electrons. The monoisotopic (exact) mass is 555 g/mol. The molecule has 3 N–H and O–H groups in total. The van der Waals surface area contributed by atoms with Gasteiger partial charge in [0.2, 0.25) is 0 Å². The molecular formula is C20H47CeO8-. The van der Waals surface area contributed by atoms with Crippen LogP contribution < -0.4 is 5.11 Å². The summed E-state index contributed by atoms with van der Waals surface area (Å²) in [4.78, 5) is 0. The predicted octanol–water partition coefficient (Wildman–Crippen LogP) is 0.983. The molecule has 180 valence electrons. The second kappa shape index (κ2) is 20.9. The van der Waals surface area contributed by atoms with Gasteiger partial charge in [0.25, 0.3) is 0 Å². The van der Waals surface area contributed by atoms with Crippen LogP contribution in [-0.2, 0) is 18.9 Å². The van der Waals surface area contributed by atoms with E-state index in [-0.39, 0.29) is 48.4 Å². The minimum Gasteiger partial charge on any atom is -0.848 e. The van der Waals surface area contributed by atoms with Gasteiger partial charge in [0.15, 0.2) is 0 Å². The summed E-state index contributed by atoms with van der Waals surface area (Å²) in [5, 5.41) is 37.3. The fourth-order valence-electron chi connectivity index (χ4n) is 1.41. The number of aliphatic hydroxyl groups is 3. The van der Waals surface area contributed by atoms with Crippen molar-refractivity contribution in [1.82, 2.24) is 0 Å². The van der Waals surface area contributed by atoms with Gasteiger partial charge in [-0.1, -0.05) is 19.4 Å². The van der Waals surface area contributed by atoms with E-state index in [9.17, 15) is 5.11 Å². The Bertz CT molecular complexity index is 248. The van der Waals surface area contributed by atoms with E-state index in [0.717, 1.165) is 0 Å². The Labute approximate surface area is 212 Å². The first-order chi connectivity index (χ1) is 12.2. The second-order valence-corrected chi connectivity index (χ2v) is 8.93. The van der Waals surface area contributed by atoms with Gasteiger partial charge in [-0.25, -0.2) is 0 Å². The van der Waals surface area contributed by atoms with E-state index in [1.165, 1.54) is 7.11 Å². The molecule has 0 heterocycles. The first-order valence-corrected chi connectivity index (χ1v) is 9.08. The molecule has 29 heavy (non-hydrogen) atoms. The van der Waals surface area contributed by atoms with Gasteiger partial charge in [0.05, 0.1) is 36.6 Å². The van der Waals surface area contributed by atoms with Crippen LogP contribution in [0.1, 0.15) is 55.4 Å². The fraction of sp³-hybridized carbons (Fsp3) is 1.00. The van der Waals surface area contributed by atoms with Crippen molar-refractivity contribution in [2.24, 2.45) is 0 Å². The van der Waals surface area contributed by atoms with Crippen LogP contribution in [0.5, 0.6) is 0 Å². The maximum absolute atomic E-state index is 10.6. The average Bonchev–Trinajstić information content (AvgIpc) is 2.34. The van der Waals surface area contributed by atoms with Crippen molar-refractivity contribution in [1.29, 1.82) is 0 Å². The van der Waals surface area contributed by atoms with Crippen molar-refractivity contribution in [3.63, 3.8) is 0 Å². The molecule has 0 saturated heterocycles. The van der Waals surface area contributed by atoms with Crippen LogP contribution in [0.2, 0.25) is 0 Å². The van der Waals surface area contributed by atoms with Gasteiger partial charge in [-0.3, -0.25) is 0 Å². The third-order valence-corrected chi connectivity index (χ3v) is 1.98. The number of hydrogen-bond donors (Lipinski definition) is 3. The van der Waals surface area contributed by atoms with E-state index in [2.05, 4.69) is 18.9 Å². The molecule has 0 aromatic carbocycles. The Morgan fingerprint density at radius 3 is 0.690 bits per heavy atom. The van der Waals surface area contributed by atoms with Crippen LogP contribution in [0.15, 0.2) is 0 Å². The molecule has 9 heteroatoms. The summed E-state index contributed by atoms with van der Waals surface area (Å²) < 4.78 is 18.6. The van der Waals surface area contributed by atoms with Crippen LogP contribution in [0.4, 0.5) is 0 Å². The molecule has 0 spiro atoms. The number of hydrogen-bond acceptors (Lipinski definition) is 8. The molecule has 0 aromatic rings. The van der Waals surface area contributed by atoms with Crippen LogP contribution >= 0.6 is 0 Å². The van der Waals surface area contributed by atoms with Crippen LogP contribution in [0.25, 0.3) is 0 Å². The minimum atomic E-state index is -0.922. The van der Waals surface area contributed by atoms with Gasteiger partial charge in [-0.2, -0.15) is 0 Å². The summed E-state index contributed by atoms with van der Waals surface area (Å²) in [6.45, 7) is 14.9. The zero-order chi connectivity index (χ0) is 23.7. The van der Waals surface area contributed by atoms with E-state index in [1.54, 1.807) is 76.7 Å². The van der Waals surface area contributed by atoms with Gasteiger partial charge < -0.3 is 39.4 Å². The third kappa shape index (κ3) is 73.1. The molecule has 0 amide bonds. The first kappa shape index (κ1) is 40.4. The zero-order valence-electron chi connectivity index (χ0n) is 20.7. The van der Waals surface area contributed by atoms with E-state index in [0.29, 0.717) is 19.8 Å². The van der Waals surface area contributed by atoms with Gasteiger partial charge >= 0.3 is 0 Å². The Morgan fingerprint density at radius 2 is 0.690 bits per heavy atom. The molecule has 0 saturated carbocycles. The molecule has 0 aliphatic rings. The normalized spacial score (nSPS) is 11.6. The Hall–Kier alpha value is 1.06. The molecule has 0 fully saturated rings. The zero-order valence-corrected chi connectivity index (χ0v) is 23.9. The van der Waals surface area contributed by atoms with E-state index < -0.39 is 22.4 Å². The molecule has 0 atom stereocenters. The maximum atomic E-state index is 10.6. The molecule has 8 nitrogen and oxygen atoms in total. The van der Waals surface area contributed by atoms with Crippen molar-refractivity contribution >= 4 is 0 Å². The summed E-state index contributed by atoms with van der Waals surface area (Å²) in [6.07, 6.45) is 0. The topological polar surface area (TPSA) is 121 Å². The van der Waals surface area contributed by atoms with Crippen molar-refractivity contribution < 1.29 is 81.1 Å². The molecular weight excluding hydrogens is 508 g/mol. The van der Waals surface area contributed by atoms with Crippen molar-refractivity contribution in [3.05, 3.63) is 0 Å². The van der Waals surface area contributed by atoms with Gasteiger partial charge in [-0.05, 0) is 41.5 Å². The summed E-state index contributed by atoms with van der Waals surface area (Å²) in [7, 11) is 6.23. The fourth-order valence-corrected chi connectivity index (χ4v) is 1.41. The van der Waals surface area contributed by atoms with Crippen molar-refractivity contribution in [2.75, 3.05) is 54.9 Å². The van der Waals surface area contributed by atoms with Gasteiger partial charge in [0.1, 0.15) is 0 Å². The minimum absolute atomic E-state index is 0.